The van der Waals surface area contributed by atoms with Crippen molar-refractivity contribution in [1.29, 1.82) is 0 Å². The summed E-state index contributed by atoms with van der Waals surface area (Å²) < 4.78 is 27.1. The smallest absolute Gasteiger partial charge is 0.207 e. The van der Waals surface area contributed by atoms with E-state index in [9.17, 15) is 8.42 Å². The van der Waals surface area contributed by atoms with Gasteiger partial charge in [-0.2, -0.15) is 4.31 Å². The number of halogens is 1. The average Bonchev–Trinajstić information content (AvgIpc) is 2.66. The van der Waals surface area contributed by atoms with Gasteiger partial charge in [-0.25, -0.2) is 8.42 Å². The van der Waals surface area contributed by atoms with E-state index in [2.05, 4.69) is 29.8 Å². The van der Waals surface area contributed by atoms with Gasteiger partial charge >= 0.3 is 0 Å². The van der Waals surface area contributed by atoms with E-state index in [1.54, 1.807) is 16.4 Å². The van der Waals surface area contributed by atoms with Crippen LogP contribution in [0.3, 0.4) is 0 Å². The van der Waals surface area contributed by atoms with E-state index in [0.717, 1.165) is 12.0 Å². The molecule has 1 unspecified atom stereocenters. The lowest BCUT2D eigenvalue weighted by molar-refractivity contribution is 0.371. The standard InChI is InChI=1S/C14H20BrNO2S/c1-11-4-6-13(7-5-11)19(17,18)16-10-14(2,3)8-12(16)9-15/h4-7,12H,8-10H2,1-3H3. The molecule has 0 saturated carbocycles. The number of hydrogen-bond donors (Lipinski definition) is 0. The van der Waals surface area contributed by atoms with E-state index in [0.29, 0.717) is 16.8 Å². The summed E-state index contributed by atoms with van der Waals surface area (Å²) in [5, 5.41) is 0.682. The number of sulfonamides is 1. The van der Waals surface area contributed by atoms with Gasteiger partial charge < -0.3 is 0 Å². The van der Waals surface area contributed by atoms with E-state index in [-0.39, 0.29) is 11.5 Å². The first-order valence-corrected chi connectivity index (χ1v) is 8.97. The molecule has 19 heavy (non-hydrogen) atoms. The molecule has 1 saturated heterocycles. The van der Waals surface area contributed by atoms with E-state index in [1.165, 1.54) is 0 Å². The number of aryl methyl sites for hydroxylation is 1. The van der Waals surface area contributed by atoms with Crippen LogP contribution in [0.1, 0.15) is 25.8 Å². The van der Waals surface area contributed by atoms with Gasteiger partial charge in [-0.1, -0.05) is 47.5 Å². The van der Waals surface area contributed by atoms with Gasteiger partial charge in [-0.05, 0) is 30.9 Å². The molecule has 0 spiro atoms. The van der Waals surface area contributed by atoms with Crippen molar-refractivity contribution >= 4 is 26.0 Å². The van der Waals surface area contributed by atoms with Gasteiger partial charge in [0.1, 0.15) is 0 Å². The number of benzene rings is 1. The predicted molar refractivity (Wildman–Crippen MR) is 81.1 cm³/mol. The van der Waals surface area contributed by atoms with Crippen LogP contribution in [0, 0.1) is 12.3 Å². The first-order chi connectivity index (χ1) is 8.76. The van der Waals surface area contributed by atoms with Crippen LogP contribution in [0.2, 0.25) is 0 Å². The molecule has 0 bridgehead atoms. The summed E-state index contributed by atoms with van der Waals surface area (Å²) in [4.78, 5) is 0.391. The molecule has 3 nitrogen and oxygen atoms in total. The van der Waals surface area contributed by atoms with Crippen molar-refractivity contribution in [3.05, 3.63) is 29.8 Å². The summed E-state index contributed by atoms with van der Waals surface area (Å²) in [7, 11) is -3.38. The van der Waals surface area contributed by atoms with Crippen molar-refractivity contribution in [1.82, 2.24) is 4.31 Å². The Balaban J connectivity index is 2.36. The summed E-state index contributed by atoms with van der Waals surface area (Å²) in [5.41, 5.74) is 1.11. The second kappa shape index (κ2) is 5.19. The largest absolute Gasteiger partial charge is 0.243 e. The molecule has 0 radical (unpaired) electrons. The average molecular weight is 346 g/mol. The fraction of sp³-hybridized carbons (Fsp3) is 0.571. The zero-order valence-corrected chi connectivity index (χ0v) is 14.0. The van der Waals surface area contributed by atoms with Gasteiger partial charge in [-0.3, -0.25) is 0 Å². The summed E-state index contributed by atoms with van der Waals surface area (Å²) in [6.45, 7) is 6.77. The Hall–Kier alpha value is -0.390. The minimum absolute atomic E-state index is 0.0379. The van der Waals surface area contributed by atoms with Crippen LogP contribution in [0.4, 0.5) is 0 Å². The SMILES string of the molecule is Cc1ccc(S(=O)(=O)N2CC(C)(C)CC2CBr)cc1. The number of hydrogen-bond acceptors (Lipinski definition) is 2. The third-order valence-electron chi connectivity index (χ3n) is 3.59. The Morgan fingerprint density at radius 2 is 1.89 bits per heavy atom. The summed E-state index contributed by atoms with van der Waals surface area (Å²) >= 11 is 3.44. The molecular formula is C14H20BrNO2S. The molecule has 0 amide bonds. The van der Waals surface area contributed by atoms with Crippen LogP contribution in [0.15, 0.2) is 29.2 Å². The van der Waals surface area contributed by atoms with Crippen LogP contribution in [0.5, 0.6) is 0 Å². The first-order valence-electron chi connectivity index (χ1n) is 6.41. The molecule has 0 aliphatic carbocycles. The van der Waals surface area contributed by atoms with E-state index >= 15 is 0 Å². The molecule has 5 heteroatoms. The van der Waals surface area contributed by atoms with Crippen molar-refractivity contribution in [2.45, 2.75) is 38.1 Å². The first kappa shape index (κ1) is 15.0. The fourth-order valence-corrected chi connectivity index (χ4v) is 5.20. The molecular weight excluding hydrogens is 326 g/mol. The second-order valence-corrected chi connectivity index (χ2v) is 8.58. The number of rotatable bonds is 3. The van der Waals surface area contributed by atoms with Gasteiger partial charge in [0, 0.05) is 17.9 Å². The lowest BCUT2D eigenvalue weighted by Crippen LogP contribution is -2.37. The van der Waals surface area contributed by atoms with E-state index < -0.39 is 10.0 Å². The molecule has 0 N–H and O–H groups in total. The Morgan fingerprint density at radius 1 is 1.32 bits per heavy atom. The highest BCUT2D eigenvalue weighted by molar-refractivity contribution is 9.09. The third-order valence-corrected chi connectivity index (χ3v) is 6.25. The molecule has 1 aromatic rings. The molecule has 1 aromatic carbocycles. The highest BCUT2D eigenvalue weighted by Crippen LogP contribution is 2.38. The van der Waals surface area contributed by atoms with Crippen molar-refractivity contribution in [2.24, 2.45) is 5.41 Å². The Morgan fingerprint density at radius 3 is 2.42 bits per heavy atom. The molecule has 0 aromatic heterocycles. The monoisotopic (exact) mass is 345 g/mol. The third kappa shape index (κ3) is 3.03. The molecule has 2 rings (SSSR count). The van der Waals surface area contributed by atoms with Gasteiger partial charge in [-0.15, -0.1) is 0 Å². The molecule has 1 fully saturated rings. The second-order valence-electron chi connectivity index (χ2n) is 6.04. The minimum atomic E-state index is -3.38. The van der Waals surface area contributed by atoms with Gasteiger partial charge in [0.15, 0.2) is 0 Å². The lowest BCUT2D eigenvalue weighted by atomic mass is 9.91. The zero-order valence-electron chi connectivity index (χ0n) is 11.6. The van der Waals surface area contributed by atoms with Gasteiger partial charge in [0.2, 0.25) is 10.0 Å². The number of alkyl halides is 1. The minimum Gasteiger partial charge on any atom is -0.207 e. The van der Waals surface area contributed by atoms with Crippen molar-refractivity contribution in [2.75, 3.05) is 11.9 Å². The maximum atomic E-state index is 12.7. The van der Waals surface area contributed by atoms with Crippen LogP contribution in [0.25, 0.3) is 0 Å². The van der Waals surface area contributed by atoms with E-state index in [1.807, 2.05) is 19.1 Å². The maximum absolute atomic E-state index is 12.7. The van der Waals surface area contributed by atoms with Gasteiger partial charge in [0.25, 0.3) is 0 Å². The van der Waals surface area contributed by atoms with Crippen molar-refractivity contribution in [3.63, 3.8) is 0 Å². The molecule has 1 aliphatic heterocycles. The highest BCUT2D eigenvalue weighted by atomic mass is 79.9. The van der Waals surface area contributed by atoms with Crippen LogP contribution < -0.4 is 0 Å². The normalized spacial score (nSPS) is 23.7. The Labute approximate surface area is 124 Å². The summed E-state index contributed by atoms with van der Waals surface area (Å²) in [6.07, 6.45) is 0.892. The highest BCUT2D eigenvalue weighted by Gasteiger charge is 2.43. The topological polar surface area (TPSA) is 37.4 Å². The molecule has 1 aliphatic rings. The van der Waals surface area contributed by atoms with E-state index in [4.69, 9.17) is 0 Å². The Bertz CT molecular complexity index is 551. The molecule has 106 valence electrons. The predicted octanol–water partition coefficient (Wildman–Crippen LogP) is 3.18. The van der Waals surface area contributed by atoms with Crippen molar-refractivity contribution in [3.8, 4) is 0 Å². The molecule has 1 heterocycles. The lowest BCUT2D eigenvalue weighted by Gasteiger charge is -2.23. The van der Waals surface area contributed by atoms with Crippen LogP contribution in [-0.2, 0) is 10.0 Å². The van der Waals surface area contributed by atoms with Crippen molar-refractivity contribution < 1.29 is 8.42 Å². The number of nitrogens with zero attached hydrogens (tertiary/aromatic N) is 1. The fourth-order valence-electron chi connectivity index (χ4n) is 2.61. The maximum Gasteiger partial charge on any atom is 0.243 e. The quantitative estimate of drug-likeness (QED) is 0.789. The van der Waals surface area contributed by atoms with Crippen LogP contribution >= 0.6 is 15.9 Å². The van der Waals surface area contributed by atoms with Gasteiger partial charge in [0.05, 0.1) is 4.90 Å². The van der Waals surface area contributed by atoms with Crippen LogP contribution in [-0.4, -0.2) is 30.6 Å². The Kier molecular flexibility index (Phi) is 4.10. The summed E-state index contributed by atoms with van der Waals surface area (Å²) in [5.74, 6) is 0. The molecule has 1 atom stereocenters. The summed E-state index contributed by atoms with van der Waals surface area (Å²) in [6, 6.07) is 7.12. The zero-order chi connectivity index (χ0) is 14.3.